The molecule has 1 aliphatic carbocycles. The summed E-state index contributed by atoms with van der Waals surface area (Å²) in [6.45, 7) is 7.93. The van der Waals surface area contributed by atoms with Crippen LogP contribution in [0.3, 0.4) is 0 Å². The van der Waals surface area contributed by atoms with E-state index in [0.29, 0.717) is 11.8 Å². The van der Waals surface area contributed by atoms with Gasteiger partial charge < -0.3 is 9.47 Å². The zero-order valence-electron chi connectivity index (χ0n) is 10.0. The first-order valence-electron chi connectivity index (χ1n) is 5.81. The van der Waals surface area contributed by atoms with Crippen LogP contribution in [0.2, 0.25) is 0 Å². The van der Waals surface area contributed by atoms with Crippen LogP contribution in [0.25, 0.3) is 0 Å². The summed E-state index contributed by atoms with van der Waals surface area (Å²) in [5.74, 6) is 0.166. The predicted molar refractivity (Wildman–Crippen MR) is 56.2 cm³/mol. The van der Waals surface area contributed by atoms with E-state index in [-0.39, 0.29) is 11.6 Å². The van der Waals surface area contributed by atoms with Gasteiger partial charge in [0.1, 0.15) is 5.60 Å². The van der Waals surface area contributed by atoms with E-state index in [2.05, 4.69) is 20.8 Å². The number of rotatable bonds is 2. The smallest absolute Gasteiger partial charge is 0.305 e. The summed E-state index contributed by atoms with van der Waals surface area (Å²) >= 11 is 0. The molecule has 0 aromatic carbocycles. The average Bonchev–Trinajstić information content (AvgIpc) is 2.71. The van der Waals surface area contributed by atoms with Crippen LogP contribution >= 0.6 is 0 Å². The van der Waals surface area contributed by atoms with Gasteiger partial charge in [0.2, 0.25) is 5.79 Å². The third-order valence-electron chi connectivity index (χ3n) is 3.82. The number of hydrogen-bond donors (Lipinski definition) is 0. The number of carbonyl (C=O) groups excluding carboxylic acids is 1. The summed E-state index contributed by atoms with van der Waals surface area (Å²) in [5, 5.41) is 0. The summed E-state index contributed by atoms with van der Waals surface area (Å²) in [5.41, 5.74) is -0.189. The Kier molecular flexibility index (Phi) is 2.34. The lowest BCUT2D eigenvalue weighted by Crippen LogP contribution is -2.39. The van der Waals surface area contributed by atoms with Crippen LogP contribution in [-0.4, -0.2) is 17.4 Å². The van der Waals surface area contributed by atoms with Gasteiger partial charge in [-0.3, -0.25) is 4.79 Å². The molecule has 3 heteroatoms. The van der Waals surface area contributed by atoms with Gasteiger partial charge in [0.05, 0.1) is 0 Å². The summed E-state index contributed by atoms with van der Waals surface area (Å²) in [4.78, 5) is 11.1. The first-order valence-corrected chi connectivity index (χ1v) is 5.81. The second-order valence-electron chi connectivity index (χ2n) is 5.34. The molecule has 0 bridgehead atoms. The minimum Gasteiger partial charge on any atom is -0.430 e. The normalized spacial score (nSPS) is 43.7. The molecule has 0 aromatic rings. The molecular formula is C12H20O3. The van der Waals surface area contributed by atoms with Crippen molar-refractivity contribution in [3.05, 3.63) is 0 Å². The lowest BCUT2D eigenvalue weighted by molar-refractivity contribution is -0.159. The summed E-state index contributed by atoms with van der Waals surface area (Å²) in [7, 11) is 0. The van der Waals surface area contributed by atoms with Gasteiger partial charge in [-0.1, -0.05) is 20.8 Å². The van der Waals surface area contributed by atoms with Crippen molar-refractivity contribution in [3.63, 3.8) is 0 Å². The Hall–Kier alpha value is -0.570. The summed E-state index contributed by atoms with van der Waals surface area (Å²) < 4.78 is 11.3. The Labute approximate surface area is 91.1 Å². The number of esters is 1. The van der Waals surface area contributed by atoms with E-state index in [0.717, 1.165) is 12.8 Å². The summed E-state index contributed by atoms with van der Waals surface area (Å²) in [6, 6.07) is 0. The van der Waals surface area contributed by atoms with Crippen LogP contribution in [0.1, 0.15) is 47.0 Å². The Balaban J connectivity index is 2.18. The maximum atomic E-state index is 11.1. The van der Waals surface area contributed by atoms with Crippen molar-refractivity contribution in [2.45, 2.75) is 58.3 Å². The fraction of sp³-hybridized carbons (Fsp3) is 0.917. The van der Waals surface area contributed by atoms with Gasteiger partial charge in [0, 0.05) is 13.3 Å². The highest BCUT2D eigenvalue weighted by molar-refractivity contribution is 5.67. The minimum atomic E-state index is -0.593. The molecule has 1 saturated heterocycles. The molecule has 15 heavy (non-hydrogen) atoms. The van der Waals surface area contributed by atoms with Crippen LogP contribution in [0.15, 0.2) is 0 Å². The Morgan fingerprint density at radius 3 is 2.73 bits per heavy atom. The van der Waals surface area contributed by atoms with Gasteiger partial charge in [0.25, 0.3) is 0 Å². The highest BCUT2D eigenvalue weighted by Crippen LogP contribution is 2.62. The van der Waals surface area contributed by atoms with Crippen LogP contribution < -0.4 is 0 Å². The van der Waals surface area contributed by atoms with Crippen LogP contribution in [0.4, 0.5) is 0 Å². The number of ether oxygens (including phenoxy) is 2. The van der Waals surface area contributed by atoms with E-state index in [1.807, 2.05) is 0 Å². The fourth-order valence-electron chi connectivity index (χ4n) is 2.97. The lowest BCUT2D eigenvalue weighted by atomic mass is 9.75. The molecule has 2 aliphatic rings. The number of carbonyl (C=O) groups is 1. The highest BCUT2D eigenvalue weighted by Gasteiger charge is 2.75. The molecule has 1 aliphatic heterocycles. The molecular weight excluding hydrogens is 192 g/mol. The Bertz CT molecular complexity index is 287. The van der Waals surface area contributed by atoms with E-state index in [1.165, 1.54) is 13.3 Å². The van der Waals surface area contributed by atoms with Crippen molar-refractivity contribution in [1.82, 2.24) is 0 Å². The van der Waals surface area contributed by atoms with Crippen molar-refractivity contribution >= 4 is 5.97 Å². The SMILES string of the molecule is CC(=O)O[C@]12C[C@@H](C)CC[C@@]1(C(C)C)O2. The van der Waals surface area contributed by atoms with Crippen molar-refractivity contribution in [1.29, 1.82) is 0 Å². The monoisotopic (exact) mass is 212 g/mol. The van der Waals surface area contributed by atoms with Crippen molar-refractivity contribution in [2.75, 3.05) is 0 Å². The standard InChI is InChI=1S/C12H20O3/c1-8(2)11-6-5-9(3)7-12(11,15-11)14-10(4)13/h8-9H,5-7H2,1-4H3/t9-,11-,12-/m0/s1. The summed E-state index contributed by atoms with van der Waals surface area (Å²) in [6.07, 6.45) is 3.03. The van der Waals surface area contributed by atoms with E-state index >= 15 is 0 Å². The number of fused-ring (bicyclic) bond motifs is 1. The Morgan fingerprint density at radius 1 is 1.53 bits per heavy atom. The highest BCUT2D eigenvalue weighted by atomic mass is 16.8. The quantitative estimate of drug-likeness (QED) is 0.521. The maximum Gasteiger partial charge on any atom is 0.305 e. The third kappa shape index (κ3) is 1.48. The zero-order chi connectivity index (χ0) is 11.3. The molecule has 1 heterocycles. The van der Waals surface area contributed by atoms with Crippen molar-refractivity contribution in [3.8, 4) is 0 Å². The van der Waals surface area contributed by atoms with Gasteiger partial charge in [-0.25, -0.2) is 0 Å². The third-order valence-corrected chi connectivity index (χ3v) is 3.82. The molecule has 0 radical (unpaired) electrons. The number of hydrogen-bond acceptors (Lipinski definition) is 3. The average molecular weight is 212 g/mol. The van der Waals surface area contributed by atoms with Crippen LogP contribution in [-0.2, 0) is 14.3 Å². The molecule has 86 valence electrons. The number of epoxide rings is 1. The molecule has 1 saturated carbocycles. The molecule has 2 fully saturated rings. The van der Waals surface area contributed by atoms with Crippen LogP contribution in [0, 0.1) is 11.8 Å². The first kappa shape index (κ1) is 10.9. The maximum absolute atomic E-state index is 11.1. The molecule has 0 unspecified atom stereocenters. The van der Waals surface area contributed by atoms with Gasteiger partial charge in [0.15, 0.2) is 0 Å². The second kappa shape index (κ2) is 3.21. The van der Waals surface area contributed by atoms with Gasteiger partial charge in [-0.15, -0.1) is 0 Å². The molecule has 0 N–H and O–H groups in total. The zero-order valence-corrected chi connectivity index (χ0v) is 10.0. The van der Waals surface area contributed by atoms with Crippen molar-refractivity contribution in [2.24, 2.45) is 11.8 Å². The van der Waals surface area contributed by atoms with Gasteiger partial charge in [-0.2, -0.15) is 0 Å². The minimum absolute atomic E-state index is 0.189. The lowest BCUT2D eigenvalue weighted by Gasteiger charge is -2.30. The fourth-order valence-corrected chi connectivity index (χ4v) is 2.97. The van der Waals surface area contributed by atoms with Crippen molar-refractivity contribution < 1.29 is 14.3 Å². The topological polar surface area (TPSA) is 38.8 Å². The molecule has 3 atom stereocenters. The van der Waals surface area contributed by atoms with Gasteiger partial charge >= 0.3 is 5.97 Å². The molecule has 0 aromatic heterocycles. The largest absolute Gasteiger partial charge is 0.430 e. The second-order valence-corrected chi connectivity index (χ2v) is 5.34. The molecule has 2 rings (SSSR count). The van der Waals surface area contributed by atoms with Crippen LogP contribution in [0.5, 0.6) is 0 Å². The van der Waals surface area contributed by atoms with E-state index < -0.39 is 5.79 Å². The van der Waals surface area contributed by atoms with E-state index in [1.54, 1.807) is 0 Å². The molecule has 3 nitrogen and oxygen atoms in total. The molecule has 0 spiro atoms. The Morgan fingerprint density at radius 2 is 2.20 bits per heavy atom. The molecule has 0 amide bonds. The van der Waals surface area contributed by atoms with Gasteiger partial charge in [-0.05, 0) is 24.7 Å². The predicted octanol–water partition coefficient (Wildman–Crippen LogP) is 2.49. The first-order chi connectivity index (χ1) is 6.92. The van der Waals surface area contributed by atoms with E-state index in [9.17, 15) is 4.79 Å². The van der Waals surface area contributed by atoms with E-state index in [4.69, 9.17) is 9.47 Å².